The zero-order valence-electron chi connectivity index (χ0n) is 11.6. The first-order valence-corrected chi connectivity index (χ1v) is 6.38. The lowest BCUT2D eigenvalue weighted by Gasteiger charge is -2.13. The molecule has 0 aliphatic rings. The lowest BCUT2D eigenvalue weighted by molar-refractivity contribution is 0.317. The van der Waals surface area contributed by atoms with Crippen molar-refractivity contribution in [2.45, 2.75) is 20.3 Å². The molecule has 3 nitrogen and oxygen atoms in total. The van der Waals surface area contributed by atoms with Gasteiger partial charge in [0.05, 0.1) is 7.11 Å². The van der Waals surface area contributed by atoms with Gasteiger partial charge in [0.25, 0.3) is 0 Å². The summed E-state index contributed by atoms with van der Waals surface area (Å²) in [6, 6.07) is 6.03. The molecule has 0 spiro atoms. The monoisotopic (exact) mass is 249 g/mol. The molecule has 0 amide bonds. The van der Waals surface area contributed by atoms with E-state index in [0.29, 0.717) is 6.61 Å². The molecule has 0 aliphatic heterocycles. The molecule has 0 aromatic heterocycles. The van der Waals surface area contributed by atoms with Crippen LogP contribution in [0.25, 0.3) is 0 Å². The summed E-state index contributed by atoms with van der Waals surface area (Å²) in [5.74, 6) is 1.55. The minimum Gasteiger partial charge on any atom is -0.493 e. The molecule has 1 N–H and O–H groups in total. The third-order valence-corrected chi connectivity index (χ3v) is 2.69. The molecule has 100 valence electrons. The number of nitrogens with one attached hydrogen (secondary N) is 1. The van der Waals surface area contributed by atoms with Gasteiger partial charge >= 0.3 is 0 Å². The molecular weight excluding hydrogens is 226 g/mol. The van der Waals surface area contributed by atoms with Gasteiger partial charge in [-0.1, -0.05) is 26.5 Å². The smallest absolute Gasteiger partial charge is 0.161 e. The molecule has 0 bridgehead atoms. The molecule has 0 heterocycles. The largest absolute Gasteiger partial charge is 0.493 e. The highest BCUT2D eigenvalue weighted by atomic mass is 16.5. The predicted molar refractivity (Wildman–Crippen MR) is 75.6 cm³/mol. The summed E-state index contributed by atoms with van der Waals surface area (Å²) in [4.78, 5) is 0. The molecule has 0 aliphatic carbocycles. The van der Waals surface area contributed by atoms with Gasteiger partial charge in [-0.2, -0.15) is 0 Å². The first-order chi connectivity index (χ1) is 8.71. The fourth-order valence-electron chi connectivity index (χ4n) is 1.58. The van der Waals surface area contributed by atoms with Crippen molar-refractivity contribution in [1.29, 1.82) is 0 Å². The van der Waals surface area contributed by atoms with Crippen LogP contribution in [0, 0.1) is 0 Å². The summed E-state index contributed by atoms with van der Waals surface area (Å²) in [5.41, 5.74) is 2.27. The number of benzene rings is 1. The van der Waals surface area contributed by atoms with Crippen molar-refractivity contribution < 1.29 is 9.47 Å². The van der Waals surface area contributed by atoms with Gasteiger partial charge in [-0.25, -0.2) is 0 Å². The van der Waals surface area contributed by atoms with Crippen LogP contribution in [-0.4, -0.2) is 26.8 Å². The number of methoxy groups -OCH3 is 1. The van der Waals surface area contributed by atoms with E-state index in [4.69, 9.17) is 9.47 Å². The zero-order chi connectivity index (χ0) is 13.4. The van der Waals surface area contributed by atoms with E-state index in [1.807, 2.05) is 12.1 Å². The Morgan fingerprint density at radius 2 is 2.06 bits per heavy atom. The Balaban J connectivity index is 2.58. The third kappa shape index (κ3) is 4.41. The van der Waals surface area contributed by atoms with Gasteiger partial charge < -0.3 is 14.8 Å². The molecule has 1 rings (SSSR count). The third-order valence-electron chi connectivity index (χ3n) is 2.69. The van der Waals surface area contributed by atoms with Crippen LogP contribution in [0.3, 0.4) is 0 Å². The van der Waals surface area contributed by atoms with Crippen LogP contribution in [0.2, 0.25) is 0 Å². The Hall–Kier alpha value is -1.48. The first-order valence-electron chi connectivity index (χ1n) is 6.38. The molecule has 0 saturated heterocycles. The quantitative estimate of drug-likeness (QED) is 0.719. The fraction of sp³-hybridized carbons (Fsp3) is 0.467. The molecule has 18 heavy (non-hydrogen) atoms. The molecule has 0 fully saturated rings. The summed E-state index contributed by atoms with van der Waals surface area (Å²) in [5, 5.41) is 3.22. The summed E-state index contributed by atoms with van der Waals surface area (Å²) < 4.78 is 11.1. The van der Waals surface area contributed by atoms with Crippen molar-refractivity contribution in [3.05, 3.63) is 35.9 Å². The van der Waals surface area contributed by atoms with Crippen LogP contribution in [0.1, 0.15) is 19.4 Å². The fourth-order valence-corrected chi connectivity index (χ4v) is 1.58. The van der Waals surface area contributed by atoms with Crippen LogP contribution in [-0.2, 0) is 6.42 Å². The van der Waals surface area contributed by atoms with Gasteiger partial charge in [0.1, 0.15) is 6.61 Å². The van der Waals surface area contributed by atoms with Crippen molar-refractivity contribution >= 4 is 0 Å². The maximum Gasteiger partial charge on any atom is 0.161 e. The second-order valence-corrected chi connectivity index (χ2v) is 4.16. The number of ether oxygens (including phenoxy) is 2. The highest BCUT2D eigenvalue weighted by Gasteiger charge is 2.05. The van der Waals surface area contributed by atoms with Crippen molar-refractivity contribution in [2.75, 3.05) is 26.8 Å². The lowest BCUT2D eigenvalue weighted by atomic mass is 10.1. The van der Waals surface area contributed by atoms with Gasteiger partial charge in [-0.15, -0.1) is 0 Å². The summed E-state index contributed by atoms with van der Waals surface area (Å²) in [6.07, 6.45) is 0.990. The minimum absolute atomic E-state index is 0.509. The number of rotatable bonds is 8. The Bertz CT molecular complexity index is 388. The second kappa shape index (κ2) is 7.77. The average Bonchev–Trinajstić information content (AvgIpc) is 2.42. The first kappa shape index (κ1) is 14.6. The summed E-state index contributed by atoms with van der Waals surface area (Å²) in [6.45, 7) is 10.4. The number of aryl methyl sites for hydroxylation is 1. The molecule has 0 unspecified atom stereocenters. The van der Waals surface area contributed by atoms with Gasteiger partial charge in [0.2, 0.25) is 0 Å². The molecule has 3 heteroatoms. The van der Waals surface area contributed by atoms with Crippen LogP contribution in [0.5, 0.6) is 11.5 Å². The molecular formula is C15H23NO2. The second-order valence-electron chi connectivity index (χ2n) is 4.16. The maximum atomic E-state index is 5.72. The summed E-state index contributed by atoms with van der Waals surface area (Å²) in [7, 11) is 1.66. The molecule has 1 aromatic rings. The highest BCUT2D eigenvalue weighted by Crippen LogP contribution is 2.28. The van der Waals surface area contributed by atoms with Crippen molar-refractivity contribution in [3.63, 3.8) is 0 Å². The SMILES string of the molecule is C=C(CNCC)COc1ccc(CC)cc1OC. The number of likely N-dealkylation sites (N-methyl/N-ethyl adjacent to an activating group) is 1. The van der Waals surface area contributed by atoms with E-state index in [1.165, 1.54) is 5.56 Å². The topological polar surface area (TPSA) is 30.5 Å². The zero-order valence-corrected chi connectivity index (χ0v) is 11.6. The summed E-state index contributed by atoms with van der Waals surface area (Å²) >= 11 is 0. The Labute approximate surface area is 110 Å². The molecule has 0 saturated carbocycles. The van der Waals surface area contributed by atoms with Gasteiger partial charge in [0.15, 0.2) is 11.5 Å². The van der Waals surface area contributed by atoms with E-state index in [0.717, 1.165) is 36.6 Å². The van der Waals surface area contributed by atoms with Gasteiger partial charge in [-0.3, -0.25) is 0 Å². The minimum atomic E-state index is 0.509. The van der Waals surface area contributed by atoms with E-state index in [-0.39, 0.29) is 0 Å². The van der Waals surface area contributed by atoms with Gasteiger partial charge in [0, 0.05) is 6.54 Å². The molecule has 1 aromatic carbocycles. The number of hydrogen-bond acceptors (Lipinski definition) is 3. The Morgan fingerprint density at radius 1 is 1.28 bits per heavy atom. The predicted octanol–water partition coefficient (Wildman–Crippen LogP) is 2.80. The van der Waals surface area contributed by atoms with Crippen LogP contribution in [0.4, 0.5) is 0 Å². The van der Waals surface area contributed by atoms with E-state index in [1.54, 1.807) is 7.11 Å². The normalized spacial score (nSPS) is 10.2. The van der Waals surface area contributed by atoms with Gasteiger partial charge in [-0.05, 0) is 36.2 Å². The van der Waals surface area contributed by atoms with Crippen LogP contribution in [0.15, 0.2) is 30.4 Å². The molecule has 0 atom stereocenters. The van der Waals surface area contributed by atoms with Crippen molar-refractivity contribution in [3.8, 4) is 11.5 Å². The van der Waals surface area contributed by atoms with E-state index < -0.39 is 0 Å². The van der Waals surface area contributed by atoms with E-state index in [9.17, 15) is 0 Å². The van der Waals surface area contributed by atoms with Crippen molar-refractivity contribution in [1.82, 2.24) is 5.32 Å². The van der Waals surface area contributed by atoms with Crippen LogP contribution >= 0.6 is 0 Å². The molecule has 0 radical (unpaired) electrons. The van der Waals surface area contributed by atoms with Crippen molar-refractivity contribution in [2.24, 2.45) is 0 Å². The van der Waals surface area contributed by atoms with E-state index in [2.05, 4.69) is 31.8 Å². The Morgan fingerprint density at radius 3 is 2.67 bits per heavy atom. The van der Waals surface area contributed by atoms with E-state index >= 15 is 0 Å². The Kier molecular flexibility index (Phi) is 6.29. The standard InChI is InChI=1S/C15H23NO2/c1-5-13-7-8-14(15(9-13)17-4)18-11-12(3)10-16-6-2/h7-9,16H,3,5-6,10-11H2,1-2,4H3. The lowest BCUT2D eigenvalue weighted by Crippen LogP contribution is -2.18. The average molecular weight is 249 g/mol. The van der Waals surface area contributed by atoms with Crippen LogP contribution < -0.4 is 14.8 Å². The number of hydrogen-bond donors (Lipinski definition) is 1. The maximum absolute atomic E-state index is 5.72. The highest BCUT2D eigenvalue weighted by molar-refractivity contribution is 5.43.